The Hall–Kier alpha value is -1.05. The van der Waals surface area contributed by atoms with Crippen LogP contribution in [-0.4, -0.2) is 64.8 Å². The molecule has 2 aliphatic heterocycles. The van der Waals surface area contributed by atoms with Crippen molar-refractivity contribution in [3.63, 3.8) is 0 Å². The van der Waals surface area contributed by atoms with Gasteiger partial charge in [-0.05, 0) is 26.3 Å². The van der Waals surface area contributed by atoms with Crippen LogP contribution < -0.4 is 0 Å². The van der Waals surface area contributed by atoms with Gasteiger partial charge in [0.1, 0.15) is 10.0 Å². The van der Waals surface area contributed by atoms with E-state index in [4.69, 9.17) is 4.74 Å². The lowest BCUT2D eigenvalue weighted by Crippen LogP contribution is -2.53. The number of carbonyl (C=O) groups is 1. The second kappa shape index (κ2) is 6.81. The highest BCUT2D eigenvalue weighted by molar-refractivity contribution is 7.11. The van der Waals surface area contributed by atoms with Crippen LogP contribution in [0.4, 0.5) is 0 Å². The van der Waals surface area contributed by atoms with E-state index < -0.39 is 0 Å². The zero-order valence-electron chi connectivity index (χ0n) is 12.5. The van der Waals surface area contributed by atoms with Crippen LogP contribution in [0, 0.1) is 6.92 Å². The average molecular weight is 310 g/mol. The first-order valence-electron chi connectivity index (χ1n) is 7.63. The largest absolute Gasteiger partial charge is 0.378 e. The Morgan fingerprint density at radius 1 is 1.29 bits per heavy atom. The molecule has 2 aliphatic rings. The van der Waals surface area contributed by atoms with Crippen molar-refractivity contribution in [2.75, 3.05) is 32.8 Å². The molecule has 0 bridgehead atoms. The van der Waals surface area contributed by atoms with Crippen molar-refractivity contribution >= 4 is 17.2 Å². The van der Waals surface area contributed by atoms with Crippen LogP contribution in [0.25, 0.3) is 0 Å². The van der Waals surface area contributed by atoms with Crippen LogP contribution in [0.15, 0.2) is 0 Å². The van der Waals surface area contributed by atoms with Crippen LogP contribution in [-0.2, 0) is 16.1 Å². The fourth-order valence-corrected chi connectivity index (χ4v) is 3.76. The molecule has 1 unspecified atom stereocenters. The Labute approximate surface area is 129 Å². The fraction of sp³-hybridized carbons (Fsp3) is 0.786. The van der Waals surface area contributed by atoms with E-state index in [1.807, 2.05) is 11.8 Å². The van der Waals surface area contributed by atoms with Gasteiger partial charge in [-0.1, -0.05) is 6.42 Å². The van der Waals surface area contributed by atoms with Crippen molar-refractivity contribution in [3.8, 4) is 0 Å². The first kappa shape index (κ1) is 14.9. The zero-order chi connectivity index (χ0) is 14.7. The number of likely N-dealkylation sites (tertiary alicyclic amines) is 1. The summed E-state index contributed by atoms with van der Waals surface area (Å²) < 4.78 is 5.34. The van der Waals surface area contributed by atoms with Gasteiger partial charge in [0.2, 0.25) is 5.91 Å². The molecule has 2 saturated heterocycles. The molecule has 0 aromatic carbocycles. The molecule has 1 aromatic heterocycles. The molecule has 1 atom stereocenters. The van der Waals surface area contributed by atoms with Crippen molar-refractivity contribution < 1.29 is 9.53 Å². The standard InChI is InChI=1S/C14H22N4O2S/c1-11-15-16-13(21-11)10-18-5-3-2-4-12(18)14(19)17-6-8-20-9-7-17/h12H,2-10H2,1H3. The van der Waals surface area contributed by atoms with E-state index in [1.165, 1.54) is 0 Å². The average Bonchev–Trinajstić information content (AvgIpc) is 2.93. The Kier molecular flexibility index (Phi) is 4.82. The van der Waals surface area contributed by atoms with Gasteiger partial charge in [0, 0.05) is 13.1 Å². The molecule has 6 nitrogen and oxygen atoms in total. The normalized spacial score (nSPS) is 24.2. The maximum absolute atomic E-state index is 12.8. The first-order valence-corrected chi connectivity index (χ1v) is 8.45. The number of hydrogen-bond donors (Lipinski definition) is 0. The summed E-state index contributed by atoms with van der Waals surface area (Å²) in [4.78, 5) is 17.0. The summed E-state index contributed by atoms with van der Waals surface area (Å²) in [5.41, 5.74) is 0. The number of amides is 1. The van der Waals surface area contributed by atoms with E-state index in [1.54, 1.807) is 11.3 Å². The number of piperidine rings is 1. The van der Waals surface area contributed by atoms with E-state index in [2.05, 4.69) is 15.1 Å². The van der Waals surface area contributed by atoms with Gasteiger partial charge in [0.25, 0.3) is 0 Å². The predicted octanol–water partition coefficient (Wildman–Crippen LogP) is 1.06. The minimum atomic E-state index is 0.000978. The third-order valence-electron chi connectivity index (χ3n) is 4.13. The second-order valence-corrected chi connectivity index (χ2v) is 6.90. The van der Waals surface area contributed by atoms with Gasteiger partial charge in [0.05, 0.1) is 25.8 Å². The Balaban J connectivity index is 1.67. The summed E-state index contributed by atoms with van der Waals surface area (Å²) in [7, 11) is 0. The number of aromatic nitrogens is 2. The smallest absolute Gasteiger partial charge is 0.240 e. The van der Waals surface area contributed by atoms with Gasteiger partial charge in [-0.15, -0.1) is 21.5 Å². The second-order valence-electron chi connectivity index (χ2n) is 5.63. The molecule has 1 amide bonds. The summed E-state index contributed by atoms with van der Waals surface area (Å²) in [5, 5.41) is 10.3. The highest BCUT2D eigenvalue weighted by Gasteiger charge is 2.33. The molecule has 0 aliphatic carbocycles. The van der Waals surface area contributed by atoms with Crippen LogP contribution in [0.2, 0.25) is 0 Å². The molecule has 7 heteroatoms. The van der Waals surface area contributed by atoms with Gasteiger partial charge in [-0.3, -0.25) is 9.69 Å². The van der Waals surface area contributed by atoms with E-state index in [0.29, 0.717) is 13.2 Å². The summed E-state index contributed by atoms with van der Waals surface area (Å²) in [6, 6.07) is 0.000978. The molecule has 21 heavy (non-hydrogen) atoms. The predicted molar refractivity (Wildman–Crippen MR) is 80.1 cm³/mol. The van der Waals surface area contributed by atoms with Crippen LogP contribution in [0.3, 0.4) is 0 Å². The summed E-state index contributed by atoms with van der Waals surface area (Å²) >= 11 is 1.62. The molecular formula is C14H22N4O2S. The minimum Gasteiger partial charge on any atom is -0.378 e. The lowest BCUT2D eigenvalue weighted by Gasteiger charge is -2.38. The first-order chi connectivity index (χ1) is 10.2. The third kappa shape index (κ3) is 3.59. The quantitative estimate of drug-likeness (QED) is 0.835. The monoisotopic (exact) mass is 310 g/mol. The lowest BCUT2D eigenvalue weighted by atomic mass is 10.0. The molecule has 3 heterocycles. The van der Waals surface area contributed by atoms with Gasteiger partial charge >= 0.3 is 0 Å². The fourth-order valence-electron chi connectivity index (χ4n) is 3.03. The Morgan fingerprint density at radius 2 is 2.10 bits per heavy atom. The van der Waals surface area contributed by atoms with E-state index in [0.717, 1.165) is 55.5 Å². The molecule has 3 rings (SSSR count). The number of aryl methyl sites for hydroxylation is 1. The Bertz CT molecular complexity index is 487. The van der Waals surface area contributed by atoms with Crippen LogP contribution in [0.5, 0.6) is 0 Å². The molecule has 116 valence electrons. The van der Waals surface area contributed by atoms with Crippen LogP contribution >= 0.6 is 11.3 Å². The molecule has 2 fully saturated rings. The number of nitrogens with zero attached hydrogens (tertiary/aromatic N) is 4. The van der Waals surface area contributed by atoms with Crippen molar-refractivity contribution in [3.05, 3.63) is 10.0 Å². The van der Waals surface area contributed by atoms with Crippen molar-refractivity contribution in [1.82, 2.24) is 20.0 Å². The van der Waals surface area contributed by atoms with Crippen molar-refractivity contribution in [1.29, 1.82) is 0 Å². The van der Waals surface area contributed by atoms with Gasteiger partial charge in [-0.25, -0.2) is 0 Å². The number of carbonyl (C=O) groups excluding carboxylic acids is 1. The van der Waals surface area contributed by atoms with Gasteiger partial charge in [-0.2, -0.15) is 0 Å². The molecule has 0 N–H and O–H groups in total. The molecular weight excluding hydrogens is 288 g/mol. The van der Waals surface area contributed by atoms with Crippen molar-refractivity contribution in [2.24, 2.45) is 0 Å². The highest BCUT2D eigenvalue weighted by atomic mass is 32.1. The van der Waals surface area contributed by atoms with Gasteiger partial charge < -0.3 is 9.64 Å². The third-order valence-corrected chi connectivity index (χ3v) is 4.95. The maximum Gasteiger partial charge on any atom is 0.240 e. The molecule has 0 saturated carbocycles. The topological polar surface area (TPSA) is 58.6 Å². The maximum atomic E-state index is 12.8. The SMILES string of the molecule is Cc1nnc(CN2CCCCC2C(=O)N2CCOCC2)s1. The number of hydrogen-bond acceptors (Lipinski definition) is 6. The number of ether oxygens (including phenoxy) is 1. The van der Waals surface area contributed by atoms with Gasteiger partial charge in [0.15, 0.2) is 0 Å². The highest BCUT2D eigenvalue weighted by Crippen LogP contribution is 2.22. The van der Waals surface area contributed by atoms with Crippen LogP contribution in [0.1, 0.15) is 29.3 Å². The van der Waals surface area contributed by atoms with E-state index in [9.17, 15) is 4.79 Å². The molecule has 0 radical (unpaired) electrons. The minimum absolute atomic E-state index is 0.000978. The zero-order valence-corrected chi connectivity index (χ0v) is 13.3. The van der Waals surface area contributed by atoms with E-state index in [-0.39, 0.29) is 11.9 Å². The molecule has 0 spiro atoms. The summed E-state index contributed by atoms with van der Waals surface area (Å²) in [5.74, 6) is 0.263. The molecule has 1 aromatic rings. The lowest BCUT2D eigenvalue weighted by molar-refractivity contribution is -0.142. The summed E-state index contributed by atoms with van der Waals surface area (Å²) in [6.45, 7) is 6.45. The van der Waals surface area contributed by atoms with E-state index >= 15 is 0 Å². The van der Waals surface area contributed by atoms with Crippen molar-refractivity contribution in [2.45, 2.75) is 38.8 Å². The number of rotatable bonds is 3. The Morgan fingerprint density at radius 3 is 2.81 bits per heavy atom. The number of morpholine rings is 1. The summed E-state index contributed by atoms with van der Waals surface area (Å²) in [6.07, 6.45) is 3.24.